The van der Waals surface area contributed by atoms with Gasteiger partial charge in [0.2, 0.25) is 0 Å². The fourth-order valence-corrected chi connectivity index (χ4v) is 2.75. The molecule has 4 nitrogen and oxygen atoms in total. The Morgan fingerprint density at radius 2 is 1.74 bits per heavy atom. The number of nitrogens with one attached hydrogen (secondary N) is 1. The molecule has 0 aliphatic carbocycles. The first-order valence-electron chi connectivity index (χ1n) is 7.85. The maximum Gasteiger partial charge on any atom is 0.293 e. The molecule has 1 N–H and O–H groups in total. The van der Waals surface area contributed by atoms with E-state index in [4.69, 9.17) is 11.6 Å². The zero-order chi connectivity index (χ0) is 17.3. The summed E-state index contributed by atoms with van der Waals surface area (Å²) in [6.45, 7) is 7.89. The lowest BCUT2D eigenvalue weighted by atomic mass is 9.71. The van der Waals surface area contributed by atoms with Gasteiger partial charge in [-0.15, -0.1) is 0 Å². The molecule has 0 aromatic heterocycles. The third-order valence-electron chi connectivity index (χ3n) is 3.89. The third kappa shape index (κ3) is 6.71. The van der Waals surface area contributed by atoms with Crippen LogP contribution < -0.4 is 5.32 Å². The number of benzene rings is 1. The van der Waals surface area contributed by atoms with E-state index < -0.39 is 0 Å². The smallest absolute Gasteiger partial charge is 0.293 e. The van der Waals surface area contributed by atoms with E-state index in [-0.39, 0.29) is 11.0 Å². The average Bonchev–Trinajstić information content (AvgIpc) is 2.48. The molecule has 5 heteroatoms. The molecule has 0 unspecified atom stereocenters. The molecule has 2 rings (SSSR count). The van der Waals surface area contributed by atoms with E-state index in [1.54, 1.807) is 0 Å². The van der Waals surface area contributed by atoms with Gasteiger partial charge in [0.1, 0.15) is 11.9 Å². The Hall–Kier alpha value is -1.39. The number of piperidine rings is 1. The second-order valence-electron chi connectivity index (χ2n) is 6.73. The van der Waals surface area contributed by atoms with Crippen LogP contribution in [0.4, 0.5) is 0 Å². The monoisotopic (exact) mass is 339 g/mol. The lowest BCUT2D eigenvalue weighted by Crippen LogP contribution is -2.40. The Bertz CT molecular complexity index is 488. The minimum absolute atomic E-state index is 0.0254. The number of ether oxygens (including phenoxy) is 1. The van der Waals surface area contributed by atoms with Crippen LogP contribution in [-0.2, 0) is 19.7 Å². The third-order valence-corrected chi connectivity index (χ3v) is 4.14. The Morgan fingerprint density at radius 3 is 2.13 bits per heavy atom. The van der Waals surface area contributed by atoms with Crippen molar-refractivity contribution in [1.82, 2.24) is 5.32 Å². The van der Waals surface area contributed by atoms with E-state index in [1.807, 2.05) is 32.9 Å². The maximum atomic E-state index is 10.9. The first-order chi connectivity index (χ1) is 10.8. The van der Waals surface area contributed by atoms with Gasteiger partial charge in [-0.1, -0.05) is 23.7 Å². The maximum absolute atomic E-state index is 10.9. The molecule has 0 atom stereocenters. The predicted octanol–water partition coefficient (Wildman–Crippen LogP) is 3.51. The normalized spacial score (nSPS) is 16.7. The number of aldehydes is 1. The molecule has 23 heavy (non-hydrogen) atoms. The first-order valence-corrected chi connectivity index (χ1v) is 8.23. The lowest BCUT2D eigenvalue weighted by molar-refractivity contribution is -0.138. The van der Waals surface area contributed by atoms with Crippen molar-refractivity contribution in [1.29, 1.82) is 0 Å². The quantitative estimate of drug-likeness (QED) is 0.853. The fraction of sp³-hybridized carbons (Fsp3) is 0.556. The highest BCUT2D eigenvalue weighted by molar-refractivity contribution is 6.30. The molecule has 0 spiro atoms. The molecule has 1 aromatic carbocycles. The summed E-state index contributed by atoms with van der Waals surface area (Å²) in [7, 11) is 0. The molecule has 0 amide bonds. The SMILES string of the molecule is CC(C)(C)OC=O.O=CCC1(c2ccc(Cl)cc2)CCNCC1. The van der Waals surface area contributed by atoms with Crippen molar-refractivity contribution in [3.05, 3.63) is 34.9 Å². The zero-order valence-electron chi connectivity index (χ0n) is 14.1. The van der Waals surface area contributed by atoms with Gasteiger partial charge >= 0.3 is 0 Å². The van der Waals surface area contributed by atoms with Gasteiger partial charge in [-0.25, -0.2) is 0 Å². The molecule has 1 aliphatic rings. The molecule has 1 saturated heterocycles. The van der Waals surface area contributed by atoms with Crippen LogP contribution in [0.3, 0.4) is 0 Å². The summed E-state index contributed by atoms with van der Waals surface area (Å²) >= 11 is 5.89. The minimum atomic E-state index is -0.318. The van der Waals surface area contributed by atoms with Gasteiger partial charge in [-0.3, -0.25) is 4.79 Å². The minimum Gasteiger partial charge on any atom is -0.462 e. The molecular formula is C18H26ClNO3. The highest BCUT2D eigenvalue weighted by Gasteiger charge is 2.33. The van der Waals surface area contributed by atoms with Gasteiger partial charge in [0.05, 0.1) is 0 Å². The Balaban J connectivity index is 0.000000322. The molecule has 0 saturated carbocycles. The van der Waals surface area contributed by atoms with E-state index in [0.717, 1.165) is 37.2 Å². The summed E-state index contributed by atoms with van der Waals surface area (Å²) in [6, 6.07) is 7.92. The summed E-state index contributed by atoms with van der Waals surface area (Å²) in [5, 5.41) is 4.09. The van der Waals surface area contributed by atoms with Crippen LogP contribution in [0.5, 0.6) is 0 Å². The average molecular weight is 340 g/mol. The van der Waals surface area contributed by atoms with Crippen LogP contribution in [0, 0.1) is 0 Å². The predicted molar refractivity (Wildman–Crippen MR) is 92.8 cm³/mol. The molecule has 1 aliphatic heterocycles. The van der Waals surface area contributed by atoms with Gasteiger partial charge in [-0.2, -0.15) is 0 Å². The summed E-state index contributed by atoms with van der Waals surface area (Å²) in [5.74, 6) is 0. The zero-order valence-corrected chi connectivity index (χ0v) is 14.9. The number of carbonyl (C=O) groups excluding carboxylic acids is 2. The van der Waals surface area contributed by atoms with Crippen molar-refractivity contribution in [3.8, 4) is 0 Å². The van der Waals surface area contributed by atoms with Crippen LogP contribution in [-0.4, -0.2) is 31.4 Å². The number of rotatable bonds is 4. The fourth-order valence-electron chi connectivity index (χ4n) is 2.62. The van der Waals surface area contributed by atoms with Crippen LogP contribution in [0.2, 0.25) is 5.02 Å². The van der Waals surface area contributed by atoms with Gasteiger partial charge in [0.15, 0.2) is 0 Å². The summed E-state index contributed by atoms with van der Waals surface area (Å²) in [4.78, 5) is 20.5. The molecule has 1 fully saturated rings. The Labute approximate surface area is 143 Å². The van der Waals surface area contributed by atoms with Crippen LogP contribution in [0.1, 0.15) is 45.6 Å². The van der Waals surface area contributed by atoms with Crippen molar-refractivity contribution >= 4 is 24.4 Å². The number of hydrogen-bond acceptors (Lipinski definition) is 4. The van der Waals surface area contributed by atoms with Crippen LogP contribution in [0.15, 0.2) is 24.3 Å². The van der Waals surface area contributed by atoms with Gasteiger partial charge in [0, 0.05) is 16.9 Å². The molecule has 1 aromatic rings. The largest absolute Gasteiger partial charge is 0.462 e. The standard InChI is InChI=1S/C13H16ClNO.C5H10O2/c14-12-3-1-11(2-4-12)13(7-10-16)5-8-15-9-6-13;1-5(2,3)7-4-6/h1-4,10,15H,5-9H2;4H,1-3H3. The Kier molecular flexibility index (Phi) is 7.73. The molecule has 1 heterocycles. The van der Waals surface area contributed by atoms with Gasteiger partial charge in [0.25, 0.3) is 6.47 Å². The van der Waals surface area contributed by atoms with Crippen LogP contribution in [0.25, 0.3) is 0 Å². The van der Waals surface area contributed by atoms with E-state index in [2.05, 4.69) is 22.2 Å². The molecule has 0 radical (unpaired) electrons. The number of carbonyl (C=O) groups is 2. The van der Waals surface area contributed by atoms with Crippen molar-refractivity contribution in [2.24, 2.45) is 0 Å². The second kappa shape index (κ2) is 9.04. The van der Waals surface area contributed by atoms with E-state index in [9.17, 15) is 9.59 Å². The summed E-state index contributed by atoms with van der Waals surface area (Å²) in [5.41, 5.74) is 0.949. The van der Waals surface area contributed by atoms with Crippen molar-refractivity contribution in [2.75, 3.05) is 13.1 Å². The van der Waals surface area contributed by atoms with Crippen molar-refractivity contribution in [3.63, 3.8) is 0 Å². The highest BCUT2D eigenvalue weighted by Crippen LogP contribution is 2.36. The van der Waals surface area contributed by atoms with E-state index in [1.165, 1.54) is 5.56 Å². The topological polar surface area (TPSA) is 55.4 Å². The molecule has 128 valence electrons. The van der Waals surface area contributed by atoms with Crippen LogP contribution >= 0.6 is 11.6 Å². The Morgan fingerprint density at radius 1 is 1.17 bits per heavy atom. The van der Waals surface area contributed by atoms with Gasteiger partial charge in [-0.05, 0) is 64.4 Å². The number of halogens is 1. The van der Waals surface area contributed by atoms with Crippen molar-refractivity contribution in [2.45, 2.75) is 51.0 Å². The van der Waals surface area contributed by atoms with E-state index >= 15 is 0 Å². The first kappa shape index (κ1) is 19.7. The molecular weight excluding hydrogens is 314 g/mol. The second-order valence-corrected chi connectivity index (χ2v) is 7.17. The van der Waals surface area contributed by atoms with E-state index in [0.29, 0.717) is 12.9 Å². The lowest BCUT2D eigenvalue weighted by Gasteiger charge is -2.37. The summed E-state index contributed by atoms with van der Waals surface area (Å²) in [6.07, 6.45) is 3.69. The van der Waals surface area contributed by atoms with Gasteiger partial charge < -0.3 is 14.8 Å². The molecule has 0 bridgehead atoms. The van der Waals surface area contributed by atoms with Crippen molar-refractivity contribution < 1.29 is 14.3 Å². The number of hydrogen-bond donors (Lipinski definition) is 1. The highest BCUT2D eigenvalue weighted by atomic mass is 35.5. The summed E-state index contributed by atoms with van der Waals surface area (Å²) < 4.78 is 4.55.